The minimum absolute atomic E-state index is 0.0938. The Morgan fingerprint density at radius 3 is 2.15 bits per heavy atom. The van der Waals surface area contributed by atoms with Crippen molar-refractivity contribution in [3.05, 3.63) is 58.1 Å². The van der Waals surface area contributed by atoms with Gasteiger partial charge in [0.15, 0.2) is 0 Å². The second kappa shape index (κ2) is 7.00. The third kappa shape index (κ3) is 3.68. The SMILES string of the molecule is COc1ccc(CC(Cl)c2ccc(OC)cc2Br)cc1. The van der Waals surface area contributed by atoms with E-state index in [2.05, 4.69) is 15.9 Å². The van der Waals surface area contributed by atoms with Crippen molar-refractivity contribution >= 4 is 27.5 Å². The van der Waals surface area contributed by atoms with E-state index in [-0.39, 0.29) is 5.38 Å². The van der Waals surface area contributed by atoms with Crippen molar-refractivity contribution in [1.29, 1.82) is 0 Å². The van der Waals surface area contributed by atoms with E-state index in [1.165, 1.54) is 5.56 Å². The molecule has 0 bridgehead atoms. The van der Waals surface area contributed by atoms with Crippen molar-refractivity contribution < 1.29 is 9.47 Å². The van der Waals surface area contributed by atoms with Gasteiger partial charge in [0.25, 0.3) is 0 Å². The van der Waals surface area contributed by atoms with Gasteiger partial charge >= 0.3 is 0 Å². The first-order chi connectivity index (χ1) is 9.63. The smallest absolute Gasteiger partial charge is 0.120 e. The van der Waals surface area contributed by atoms with Crippen LogP contribution >= 0.6 is 27.5 Å². The average molecular weight is 356 g/mol. The van der Waals surface area contributed by atoms with E-state index in [1.54, 1.807) is 14.2 Å². The zero-order valence-corrected chi connectivity index (χ0v) is 13.7. The van der Waals surface area contributed by atoms with E-state index >= 15 is 0 Å². The van der Waals surface area contributed by atoms with Gasteiger partial charge in [-0.1, -0.05) is 34.1 Å². The number of hydrogen-bond acceptors (Lipinski definition) is 2. The fourth-order valence-corrected chi connectivity index (χ4v) is 3.10. The molecule has 0 aromatic heterocycles. The Bertz CT molecular complexity index is 569. The van der Waals surface area contributed by atoms with Crippen LogP contribution in [0.3, 0.4) is 0 Å². The molecule has 0 heterocycles. The molecule has 0 radical (unpaired) electrons. The fraction of sp³-hybridized carbons (Fsp3) is 0.250. The van der Waals surface area contributed by atoms with Gasteiger partial charge in [-0.2, -0.15) is 0 Å². The van der Waals surface area contributed by atoms with Gasteiger partial charge < -0.3 is 9.47 Å². The molecule has 0 amide bonds. The lowest BCUT2D eigenvalue weighted by molar-refractivity contribution is 0.414. The van der Waals surface area contributed by atoms with E-state index in [4.69, 9.17) is 21.1 Å². The first-order valence-electron chi connectivity index (χ1n) is 6.24. The van der Waals surface area contributed by atoms with Gasteiger partial charge in [0, 0.05) is 4.47 Å². The molecule has 2 aromatic carbocycles. The first-order valence-corrected chi connectivity index (χ1v) is 7.47. The third-order valence-corrected chi connectivity index (χ3v) is 4.20. The van der Waals surface area contributed by atoms with Crippen LogP contribution in [-0.2, 0) is 6.42 Å². The molecule has 20 heavy (non-hydrogen) atoms. The highest BCUT2D eigenvalue weighted by molar-refractivity contribution is 9.10. The zero-order valence-electron chi connectivity index (χ0n) is 11.4. The van der Waals surface area contributed by atoms with Crippen LogP contribution in [0, 0.1) is 0 Å². The van der Waals surface area contributed by atoms with Gasteiger partial charge in [0.2, 0.25) is 0 Å². The summed E-state index contributed by atoms with van der Waals surface area (Å²) in [5, 5.41) is -0.0938. The van der Waals surface area contributed by atoms with Crippen molar-refractivity contribution in [1.82, 2.24) is 0 Å². The third-order valence-electron chi connectivity index (χ3n) is 3.12. The number of rotatable bonds is 5. The Morgan fingerprint density at radius 1 is 1.00 bits per heavy atom. The normalized spacial score (nSPS) is 12.0. The molecule has 0 saturated carbocycles. The maximum atomic E-state index is 6.51. The van der Waals surface area contributed by atoms with Gasteiger partial charge in [-0.15, -0.1) is 11.6 Å². The quantitative estimate of drug-likeness (QED) is 0.704. The standard InChI is InChI=1S/C16H16BrClO2/c1-19-12-5-3-11(4-6-12)9-16(18)14-8-7-13(20-2)10-15(14)17/h3-8,10,16H,9H2,1-2H3. The van der Waals surface area contributed by atoms with Crippen molar-refractivity contribution in [2.24, 2.45) is 0 Å². The maximum absolute atomic E-state index is 6.51. The number of ether oxygens (including phenoxy) is 2. The number of alkyl halides is 1. The molecule has 2 aromatic rings. The summed E-state index contributed by atoms with van der Waals surface area (Å²) in [6, 6.07) is 13.8. The molecule has 0 N–H and O–H groups in total. The number of benzene rings is 2. The van der Waals surface area contributed by atoms with Crippen LogP contribution in [0.1, 0.15) is 16.5 Å². The monoisotopic (exact) mass is 354 g/mol. The van der Waals surface area contributed by atoms with E-state index in [0.717, 1.165) is 28.0 Å². The van der Waals surface area contributed by atoms with E-state index in [1.807, 2.05) is 42.5 Å². The molecule has 106 valence electrons. The van der Waals surface area contributed by atoms with Crippen LogP contribution < -0.4 is 9.47 Å². The summed E-state index contributed by atoms with van der Waals surface area (Å²) in [5.41, 5.74) is 2.23. The van der Waals surface area contributed by atoms with Gasteiger partial charge in [-0.25, -0.2) is 0 Å². The van der Waals surface area contributed by atoms with Gasteiger partial charge in [0.05, 0.1) is 19.6 Å². The minimum Gasteiger partial charge on any atom is -0.497 e. The summed E-state index contributed by atoms with van der Waals surface area (Å²) < 4.78 is 11.3. The summed E-state index contributed by atoms with van der Waals surface area (Å²) >= 11 is 10.1. The number of halogens is 2. The van der Waals surface area contributed by atoms with Gasteiger partial charge in [0.1, 0.15) is 11.5 Å². The molecule has 0 aliphatic rings. The molecule has 0 fully saturated rings. The summed E-state index contributed by atoms with van der Waals surface area (Å²) in [6.45, 7) is 0. The molecule has 2 nitrogen and oxygen atoms in total. The molecule has 1 unspecified atom stereocenters. The lowest BCUT2D eigenvalue weighted by atomic mass is 10.0. The van der Waals surface area contributed by atoms with Crippen molar-refractivity contribution in [3.8, 4) is 11.5 Å². The van der Waals surface area contributed by atoms with Crippen LogP contribution in [-0.4, -0.2) is 14.2 Å². The Labute approximate surface area is 132 Å². The van der Waals surface area contributed by atoms with Gasteiger partial charge in [-0.05, 0) is 41.8 Å². The molecule has 0 spiro atoms. The van der Waals surface area contributed by atoms with Crippen molar-refractivity contribution in [3.63, 3.8) is 0 Å². The molecule has 0 aliphatic heterocycles. The highest BCUT2D eigenvalue weighted by Gasteiger charge is 2.13. The van der Waals surface area contributed by atoms with E-state index in [9.17, 15) is 0 Å². The molecule has 0 saturated heterocycles. The molecule has 4 heteroatoms. The Kier molecular flexibility index (Phi) is 5.32. The first kappa shape index (κ1) is 15.2. The lowest BCUT2D eigenvalue weighted by Crippen LogP contribution is -1.98. The Morgan fingerprint density at radius 2 is 1.60 bits per heavy atom. The Hall–Kier alpha value is -1.19. The van der Waals surface area contributed by atoms with E-state index in [0.29, 0.717) is 0 Å². The highest BCUT2D eigenvalue weighted by atomic mass is 79.9. The van der Waals surface area contributed by atoms with Crippen molar-refractivity contribution in [2.45, 2.75) is 11.8 Å². The minimum atomic E-state index is -0.0938. The maximum Gasteiger partial charge on any atom is 0.120 e. The van der Waals surface area contributed by atoms with Crippen LogP contribution in [0.4, 0.5) is 0 Å². The zero-order chi connectivity index (χ0) is 14.5. The predicted octanol–water partition coefficient (Wildman–Crippen LogP) is 4.99. The summed E-state index contributed by atoms with van der Waals surface area (Å²) in [6.07, 6.45) is 0.760. The second-order valence-electron chi connectivity index (χ2n) is 4.41. The summed E-state index contributed by atoms with van der Waals surface area (Å²) in [4.78, 5) is 0. The molecular formula is C16H16BrClO2. The van der Waals surface area contributed by atoms with E-state index < -0.39 is 0 Å². The van der Waals surface area contributed by atoms with Crippen LogP contribution in [0.2, 0.25) is 0 Å². The summed E-state index contributed by atoms with van der Waals surface area (Å²) in [7, 11) is 3.31. The van der Waals surface area contributed by atoms with Crippen LogP contribution in [0.5, 0.6) is 11.5 Å². The molecule has 0 aliphatic carbocycles. The van der Waals surface area contributed by atoms with Crippen LogP contribution in [0.15, 0.2) is 46.9 Å². The summed E-state index contributed by atoms with van der Waals surface area (Å²) in [5.74, 6) is 1.67. The lowest BCUT2D eigenvalue weighted by Gasteiger charge is -2.13. The fourth-order valence-electron chi connectivity index (χ4n) is 1.97. The molecular weight excluding hydrogens is 340 g/mol. The van der Waals surface area contributed by atoms with Crippen LogP contribution in [0.25, 0.3) is 0 Å². The van der Waals surface area contributed by atoms with Gasteiger partial charge in [-0.3, -0.25) is 0 Å². The Balaban J connectivity index is 2.12. The van der Waals surface area contributed by atoms with Crippen molar-refractivity contribution in [2.75, 3.05) is 14.2 Å². The highest BCUT2D eigenvalue weighted by Crippen LogP contribution is 2.33. The number of methoxy groups -OCH3 is 2. The molecule has 1 atom stereocenters. The average Bonchev–Trinajstić information content (AvgIpc) is 2.47. The second-order valence-corrected chi connectivity index (χ2v) is 5.79. The predicted molar refractivity (Wildman–Crippen MR) is 86.0 cm³/mol. The number of hydrogen-bond donors (Lipinski definition) is 0. The largest absolute Gasteiger partial charge is 0.497 e. The topological polar surface area (TPSA) is 18.5 Å². The molecule has 2 rings (SSSR count).